The zero-order valence-electron chi connectivity index (χ0n) is 12.9. The molecule has 2 rings (SSSR count). The number of thioether (sulfide) groups is 1. The van der Waals surface area contributed by atoms with Gasteiger partial charge in [-0.15, -0.1) is 0 Å². The van der Waals surface area contributed by atoms with Crippen molar-refractivity contribution in [2.45, 2.75) is 24.2 Å². The molecule has 0 aliphatic carbocycles. The fourth-order valence-corrected chi connectivity index (χ4v) is 2.57. The van der Waals surface area contributed by atoms with Crippen molar-refractivity contribution in [2.24, 2.45) is 0 Å². The van der Waals surface area contributed by atoms with E-state index in [-0.39, 0.29) is 10.8 Å². The lowest BCUT2D eigenvalue weighted by Gasteiger charge is -2.14. The number of amides is 1. The van der Waals surface area contributed by atoms with Crippen molar-refractivity contribution in [2.75, 3.05) is 5.75 Å². The summed E-state index contributed by atoms with van der Waals surface area (Å²) >= 11 is 0.966. The summed E-state index contributed by atoms with van der Waals surface area (Å²) < 4.78 is 63.4. The Hall–Kier alpha value is -2.16. The predicted molar refractivity (Wildman–Crippen MR) is 82.9 cm³/mol. The van der Waals surface area contributed by atoms with E-state index in [9.17, 15) is 26.7 Å². The second-order valence-corrected chi connectivity index (χ2v) is 6.13. The topological polar surface area (TPSA) is 42.0 Å². The van der Waals surface area contributed by atoms with Crippen LogP contribution >= 0.6 is 11.8 Å². The highest BCUT2D eigenvalue weighted by atomic mass is 32.2. The standard InChI is InChI=1S/C16H13F5N2OS/c1-9(10-2-4-12(17)13(18)6-10)23-14(24)8-25-15-5-3-11(7-22-15)16(19,20)21/h2-7,9H,8H2,1H3,(H,23,24). The van der Waals surface area contributed by atoms with Gasteiger partial charge in [0, 0.05) is 6.20 Å². The van der Waals surface area contributed by atoms with E-state index >= 15 is 0 Å². The SMILES string of the molecule is CC(NC(=O)CSc1ccc(C(F)(F)F)cn1)c1ccc(F)c(F)c1. The maximum Gasteiger partial charge on any atom is 0.417 e. The summed E-state index contributed by atoms with van der Waals surface area (Å²) in [6, 6.07) is 4.83. The molecule has 1 aromatic carbocycles. The average molecular weight is 376 g/mol. The summed E-state index contributed by atoms with van der Waals surface area (Å²) in [5, 5.41) is 2.86. The monoisotopic (exact) mass is 376 g/mol. The molecule has 2 aromatic rings. The summed E-state index contributed by atoms with van der Waals surface area (Å²) in [6.45, 7) is 1.60. The first-order valence-corrected chi connectivity index (χ1v) is 8.05. The minimum absolute atomic E-state index is 0.0770. The third-order valence-electron chi connectivity index (χ3n) is 3.24. The van der Waals surface area contributed by atoms with Crippen molar-refractivity contribution < 1.29 is 26.7 Å². The summed E-state index contributed by atoms with van der Waals surface area (Å²) in [4.78, 5) is 15.5. The lowest BCUT2D eigenvalue weighted by molar-refractivity contribution is -0.137. The minimum Gasteiger partial charge on any atom is -0.349 e. The molecule has 25 heavy (non-hydrogen) atoms. The van der Waals surface area contributed by atoms with Gasteiger partial charge in [-0.25, -0.2) is 13.8 Å². The number of carbonyl (C=O) groups excluding carboxylic acids is 1. The molecule has 134 valence electrons. The molecule has 1 heterocycles. The van der Waals surface area contributed by atoms with Crippen LogP contribution in [0.25, 0.3) is 0 Å². The van der Waals surface area contributed by atoms with Crippen LogP contribution in [0, 0.1) is 11.6 Å². The van der Waals surface area contributed by atoms with Gasteiger partial charge >= 0.3 is 6.18 Å². The van der Waals surface area contributed by atoms with Crippen LogP contribution in [0.1, 0.15) is 24.1 Å². The summed E-state index contributed by atoms with van der Waals surface area (Å²) in [5.41, 5.74) is -0.474. The maximum atomic E-state index is 13.2. The molecule has 1 atom stereocenters. The van der Waals surface area contributed by atoms with Crippen LogP contribution in [0.15, 0.2) is 41.6 Å². The molecular formula is C16H13F5N2OS. The van der Waals surface area contributed by atoms with Crippen LogP contribution in [0.3, 0.4) is 0 Å². The minimum atomic E-state index is -4.46. The number of rotatable bonds is 5. The second kappa shape index (κ2) is 7.81. The zero-order chi connectivity index (χ0) is 18.6. The molecule has 0 fully saturated rings. The number of hydrogen-bond donors (Lipinski definition) is 1. The van der Waals surface area contributed by atoms with Crippen LogP contribution in [-0.2, 0) is 11.0 Å². The lowest BCUT2D eigenvalue weighted by atomic mass is 10.1. The molecule has 0 spiro atoms. The van der Waals surface area contributed by atoms with Gasteiger partial charge in [0.05, 0.1) is 22.4 Å². The Kier molecular flexibility index (Phi) is 5.99. The van der Waals surface area contributed by atoms with Gasteiger partial charge in [-0.3, -0.25) is 4.79 Å². The Morgan fingerprint density at radius 1 is 1.20 bits per heavy atom. The number of aromatic nitrogens is 1. The number of carbonyl (C=O) groups is 1. The molecule has 0 aliphatic heterocycles. The highest BCUT2D eigenvalue weighted by molar-refractivity contribution is 7.99. The number of halogens is 5. The summed E-state index contributed by atoms with van der Waals surface area (Å²) in [6.07, 6.45) is -3.77. The first-order valence-electron chi connectivity index (χ1n) is 7.07. The van der Waals surface area contributed by atoms with Gasteiger partial charge in [0.2, 0.25) is 5.91 Å². The first-order chi connectivity index (χ1) is 11.7. The van der Waals surface area contributed by atoms with Crippen molar-refractivity contribution in [3.63, 3.8) is 0 Å². The molecule has 0 radical (unpaired) electrons. The molecule has 1 N–H and O–H groups in total. The zero-order valence-corrected chi connectivity index (χ0v) is 13.7. The van der Waals surface area contributed by atoms with Crippen LogP contribution in [0.4, 0.5) is 22.0 Å². The van der Waals surface area contributed by atoms with Crippen molar-refractivity contribution in [1.29, 1.82) is 0 Å². The van der Waals surface area contributed by atoms with E-state index in [0.29, 0.717) is 11.8 Å². The highest BCUT2D eigenvalue weighted by Crippen LogP contribution is 2.29. The van der Waals surface area contributed by atoms with Crippen LogP contribution in [0.2, 0.25) is 0 Å². The summed E-state index contributed by atoms with van der Waals surface area (Å²) in [5.74, 6) is -2.48. The number of alkyl halides is 3. The quantitative estimate of drug-likeness (QED) is 0.623. The molecule has 1 aromatic heterocycles. The predicted octanol–water partition coefficient (Wildman–Crippen LogP) is 4.35. The van der Waals surface area contributed by atoms with Gasteiger partial charge in [0.25, 0.3) is 0 Å². The molecule has 1 unspecified atom stereocenters. The average Bonchev–Trinajstić information content (AvgIpc) is 2.55. The van der Waals surface area contributed by atoms with Gasteiger partial charge in [0.15, 0.2) is 11.6 Å². The van der Waals surface area contributed by atoms with Crippen molar-refractivity contribution >= 4 is 17.7 Å². The Labute approximate surface area is 144 Å². The smallest absolute Gasteiger partial charge is 0.349 e. The normalized spacial score (nSPS) is 12.7. The molecule has 3 nitrogen and oxygen atoms in total. The van der Waals surface area contributed by atoms with E-state index in [2.05, 4.69) is 10.3 Å². The van der Waals surface area contributed by atoms with Crippen LogP contribution < -0.4 is 5.32 Å². The van der Waals surface area contributed by atoms with Gasteiger partial charge in [-0.2, -0.15) is 13.2 Å². The maximum absolute atomic E-state index is 13.2. The third-order valence-corrected chi connectivity index (χ3v) is 4.18. The third kappa shape index (κ3) is 5.42. The van der Waals surface area contributed by atoms with E-state index in [4.69, 9.17) is 0 Å². The van der Waals surface area contributed by atoms with E-state index in [1.165, 1.54) is 12.1 Å². The Morgan fingerprint density at radius 3 is 2.48 bits per heavy atom. The van der Waals surface area contributed by atoms with Crippen molar-refractivity contribution in [1.82, 2.24) is 10.3 Å². The highest BCUT2D eigenvalue weighted by Gasteiger charge is 2.30. The number of pyridine rings is 1. The fraction of sp³-hybridized carbons (Fsp3) is 0.250. The Bertz CT molecular complexity index is 749. The van der Waals surface area contributed by atoms with Crippen molar-refractivity contribution in [3.8, 4) is 0 Å². The van der Waals surface area contributed by atoms with E-state index in [1.807, 2.05) is 0 Å². The molecule has 0 bridgehead atoms. The number of benzene rings is 1. The Morgan fingerprint density at radius 2 is 1.92 bits per heavy atom. The largest absolute Gasteiger partial charge is 0.417 e. The van der Waals surface area contributed by atoms with Crippen molar-refractivity contribution in [3.05, 3.63) is 59.3 Å². The number of hydrogen-bond acceptors (Lipinski definition) is 3. The fourth-order valence-electron chi connectivity index (χ4n) is 1.92. The van der Waals surface area contributed by atoms with E-state index in [1.54, 1.807) is 6.92 Å². The molecule has 0 saturated heterocycles. The summed E-state index contributed by atoms with van der Waals surface area (Å²) in [7, 11) is 0. The molecule has 0 aliphatic rings. The van der Waals surface area contributed by atoms with Gasteiger partial charge in [0.1, 0.15) is 0 Å². The number of nitrogens with zero attached hydrogens (tertiary/aromatic N) is 1. The lowest BCUT2D eigenvalue weighted by Crippen LogP contribution is -2.28. The first kappa shape index (κ1) is 19.2. The van der Waals surface area contributed by atoms with Gasteiger partial charge in [-0.1, -0.05) is 17.8 Å². The number of nitrogens with one attached hydrogen (secondary N) is 1. The molecular weight excluding hydrogens is 363 g/mol. The Balaban J connectivity index is 1.88. The van der Waals surface area contributed by atoms with Crippen LogP contribution in [0.5, 0.6) is 0 Å². The van der Waals surface area contributed by atoms with Gasteiger partial charge in [-0.05, 0) is 36.8 Å². The van der Waals surface area contributed by atoms with Crippen LogP contribution in [-0.4, -0.2) is 16.6 Å². The molecule has 1 amide bonds. The van der Waals surface area contributed by atoms with Gasteiger partial charge < -0.3 is 5.32 Å². The molecule has 0 saturated carbocycles. The second-order valence-electron chi connectivity index (χ2n) is 5.13. The van der Waals surface area contributed by atoms with E-state index < -0.39 is 35.3 Å². The molecule has 9 heteroatoms. The van der Waals surface area contributed by atoms with E-state index in [0.717, 1.165) is 30.0 Å².